The lowest BCUT2D eigenvalue weighted by Crippen LogP contribution is -2.34. The molecule has 0 aliphatic carbocycles. The smallest absolute Gasteiger partial charge is 0.141 e. The van der Waals surface area contributed by atoms with Gasteiger partial charge >= 0.3 is 0 Å². The second-order valence-corrected chi connectivity index (χ2v) is 5.23. The third-order valence-corrected chi connectivity index (χ3v) is 3.88. The minimum Gasteiger partial charge on any atom is -0.326 e. The SMILES string of the molecule is CC1CCc2ccccc2N1c1ncc(F)cc1CN. The number of benzene rings is 1. The van der Waals surface area contributed by atoms with E-state index in [4.69, 9.17) is 5.73 Å². The van der Waals surface area contributed by atoms with Gasteiger partial charge in [0.15, 0.2) is 0 Å². The molecule has 104 valence electrons. The number of aromatic nitrogens is 1. The van der Waals surface area contributed by atoms with Crippen molar-refractivity contribution in [2.45, 2.75) is 32.4 Å². The van der Waals surface area contributed by atoms with Gasteiger partial charge in [0.1, 0.15) is 11.6 Å². The number of anilines is 2. The first-order chi connectivity index (χ1) is 9.70. The lowest BCUT2D eigenvalue weighted by molar-refractivity contribution is 0.599. The highest BCUT2D eigenvalue weighted by Crippen LogP contribution is 2.37. The van der Waals surface area contributed by atoms with Crippen LogP contribution < -0.4 is 10.6 Å². The van der Waals surface area contributed by atoms with Crippen LogP contribution in [0.1, 0.15) is 24.5 Å². The Kier molecular flexibility index (Phi) is 3.40. The maximum Gasteiger partial charge on any atom is 0.141 e. The van der Waals surface area contributed by atoms with Gasteiger partial charge in [0, 0.05) is 23.8 Å². The van der Waals surface area contributed by atoms with Gasteiger partial charge in [0.05, 0.1) is 6.20 Å². The van der Waals surface area contributed by atoms with Gasteiger partial charge < -0.3 is 10.6 Å². The molecule has 2 aromatic rings. The predicted octanol–water partition coefficient (Wildman–Crippen LogP) is 3.15. The van der Waals surface area contributed by atoms with E-state index in [-0.39, 0.29) is 12.4 Å². The summed E-state index contributed by atoms with van der Waals surface area (Å²) in [5, 5.41) is 0. The molecule has 0 radical (unpaired) electrons. The Balaban J connectivity index is 2.14. The van der Waals surface area contributed by atoms with Crippen LogP contribution in [0.3, 0.4) is 0 Å². The van der Waals surface area contributed by atoms with E-state index in [1.807, 2.05) is 6.07 Å². The zero-order valence-corrected chi connectivity index (χ0v) is 11.5. The van der Waals surface area contributed by atoms with Crippen molar-refractivity contribution in [3.8, 4) is 0 Å². The number of aryl methyl sites for hydroxylation is 1. The Morgan fingerprint density at radius 3 is 3.00 bits per heavy atom. The molecule has 20 heavy (non-hydrogen) atoms. The van der Waals surface area contributed by atoms with Crippen molar-refractivity contribution < 1.29 is 4.39 Å². The number of nitrogens with zero attached hydrogens (tertiary/aromatic N) is 2. The average Bonchev–Trinajstić information content (AvgIpc) is 2.48. The Bertz CT molecular complexity index is 627. The van der Waals surface area contributed by atoms with Crippen LogP contribution in [0.25, 0.3) is 0 Å². The minimum absolute atomic E-state index is 0.283. The van der Waals surface area contributed by atoms with E-state index in [9.17, 15) is 4.39 Å². The summed E-state index contributed by atoms with van der Waals surface area (Å²) in [6, 6.07) is 10.1. The van der Waals surface area contributed by atoms with Gasteiger partial charge in [-0.05, 0) is 37.5 Å². The molecule has 3 nitrogen and oxygen atoms in total. The number of hydrogen-bond acceptors (Lipinski definition) is 3. The number of para-hydroxylation sites is 1. The highest BCUT2D eigenvalue weighted by Gasteiger charge is 2.26. The lowest BCUT2D eigenvalue weighted by atomic mass is 9.96. The number of pyridine rings is 1. The summed E-state index contributed by atoms with van der Waals surface area (Å²) in [5.41, 5.74) is 8.96. The monoisotopic (exact) mass is 271 g/mol. The molecular weight excluding hydrogens is 253 g/mol. The second kappa shape index (κ2) is 5.21. The summed E-state index contributed by atoms with van der Waals surface area (Å²) in [6.45, 7) is 2.45. The molecule has 1 aromatic heterocycles. The molecule has 1 unspecified atom stereocenters. The molecule has 1 aliphatic rings. The van der Waals surface area contributed by atoms with Gasteiger partial charge in [-0.15, -0.1) is 0 Å². The van der Waals surface area contributed by atoms with Crippen LogP contribution in [0, 0.1) is 5.82 Å². The van der Waals surface area contributed by atoms with E-state index in [0.29, 0.717) is 6.04 Å². The zero-order valence-electron chi connectivity index (χ0n) is 11.5. The Morgan fingerprint density at radius 1 is 1.40 bits per heavy atom. The van der Waals surface area contributed by atoms with Gasteiger partial charge in [-0.3, -0.25) is 0 Å². The molecule has 1 aliphatic heterocycles. The second-order valence-electron chi connectivity index (χ2n) is 5.23. The van der Waals surface area contributed by atoms with E-state index >= 15 is 0 Å². The largest absolute Gasteiger partial charge is 0.326 e. The quantitative estimate of drug-likeness (QED) is 0.912. The third-order valence-electron chi connectivity index (χ3n) is 3.88. The Labute approximate surface area is 118 Å². The van der Waals surface area contributed by atoms with Crippen molar-refractivity contribution in [1.29, 1.82) is 0 Å². The molecule has 0 fully saturated rings. The first kappa shape index (κ1) is 13.1. The van der Waals surface area contributed by atoms with Gasteiger partial charge in [-0.1, -0.05) is 18.2 Å². The molecule has 0 saturated carbocycles. The van der Waals surface area contributed by atoms with E-state index in [1.54, 1.807) is 0 Å². The average molecular weight is 271 g/mol. The summed E-state index contributed by atoms with van der Waals surface area (Å²) in [4.78, 5) is 6.47. The summed E-state index contributed by atoms with van der Waals surface area (Å²) < 4.78 is 13.4. The van der Waals surface area contributed by atoms with E-state index in [1.165, 1.54) is 17.8 Å². The first-order valence-electron chi connectivity index (χ1n) is 6.92. The fraction of sp³-hybridized carbons (Fsp3) is 0.312. The highest BCUT2D eigenvalue weighted by atomic mass is 19.1. The molecule has 0 amide bonds. The number of rotatable bonds is 2. The molecule has 0 bridgehead atoms. The van der Waals surface area contributed by atoms with Crippen LogP contribution >= 0.6 is 0 Å². The number of hydrogen-bond donors (Lipinski definition) is 1. The fourth-order valence-corrected chi connectivity index (χ4v) is 2.85. The maximum atomic E-state index is 13.4. The molecule has 3 rings (SSSR count). The van der Waals surface area contributed by atoms with Gasteiger partial charge in [0.2, 0.25) is 0 Å². The van der Waals surface area contributed by atoms with Crippen LogP contribution in [-0.2, 0) is 13.0 Å². The van der Waals surface area contributed by atoms with Crippen LogP contribution in [0.15, 0.2) is 36.5 Å². The summed E-state index contributed by atoms with van der Waals surface area (Å²) >= 11 is 0. The number of fused-ring (bicyclic) bond motifs is 1. The van der Waals surface area contributed by atoms with E-state index in [2.05, 4.69) is 35.0 Å². The van der Waals surface area contributed by atoms with Crippen molar-refractivity contribution in [3.63, 3.8) is 0 Å². The van der Waals surface area contributed by atoms with Crippen molar-refractivity contribution in [2.75, 3.05) is 4.90 Å². The van der Waals surface area contributed by atoms with Crippen LogP contribution in [0.5, 0.6) is 0 Å². The fourth-order valence-electron chi connectivity index (χ4n) is 2.85. The van der Waals surface area contributed by atoms with E-state index < -0.39 is 0 Å². The molecule has 0 spiro atoms. The lowest BCUT2D eigenvalue weighted by Gasteiger charge is -2.37. The zero-order chi connectivity index (χ0) is 14.1. The molecular formula is C16H18FN3. The van der Waals surface area contributed by atoms with Crippen LogP contribution in [0.2, 0.25) is 0 Å². The molecule has 1 aromatic carbocycles. The van der Waals surface area contributed by atoms with Crippen molar-refractivity contribution in [1.82, 2.24) is 4.98 Å². The van der Waals surface area contributed by atoms with Crippen molar-refractivity contribution in [2.24, 2.45) is 5.73 Å². The van der Waals surface area contributed by atoms with Gasteiger partial charge in [0.25, 0.3) is 0 Å². The summed E-state index contributed by atoms with van der Waals surface area (Å²) in [6.07, 6.45) is 3.38. The van der Waals surface area contributed by atoms with Crippen LogP contribution in [0.4, 0.5) is 15.9 Å². The molecule has 0 saturated heterocycles. The first-order valence-corrected chi connectivity index (χ1v) is 6.92. The Morgan fingerprint density at radius 2 is 2.20 bits per heavy atom. The number of halogens is 1. The standard InChI is InChI=1S/C16H18FN3/c1-11-6-7-12-4-2-3-5-15(12)20(11)16-13(9-18)8-14(17)10-19-16/h2-5,8,10-11H,6-7,9,18H2,1H3. The minimum atomic E-state index is -0.341. The molecule has 4 heteroatoms. The van der Waals surface area contributed by atoms with E-state index in [0.717, 1.165) is 29.9 Å². The van der Waals surface area contributed by atoms with Gasteiger partial charge in [-0.25, -0.2) is 9.37 Å². The molecule has 2 heterocycles. The van der Waals surface area contributed by atoms with Crippen molar-refractivity contribution in [3.05, 3.63) is 53.5 Å². The maximum absolute atomic E-state index is 13.4. The molecule has 2 N–H and O–H groups in total. The molecule has 1 atom stereocenters. The normalized spacial score (nSPS) is 17.9. The number of nitrogens with two attached hydrogens (primary N) is 1. The topological polar surface area (TPSA) is 42.2 Å². The predicted molar refractivity (Wildman–Crippen MR) is 78.5 cm³/mol. The Hall–Kier alpha value is -1.94. The summed E-state index contributed by atoms with van der Waals surface area (Å²) in [5.74, 6) is 0.431. The third kappa shape index (κ3) is 2.16. The summed E-state index contributed by atoms with van der Waals surface area (Å²) in [7, 11) is 0. The van der Waals surface area contributed by atoms with Crippen LogP contribution in [-0.4, -0.2) is 11.0 Å². The van der Waals surface area contributed by atoms with Gasteiger partial charge in [-0.2, -0.15) is 0 Å². The van der Waals surface area contributed by atoms with Crippen molar-refractivity contribution >= 4 is 11.5 Å². The highest BCUT2D eigenvalue weighted by molar-refractivity contribution is 5.68.